The van der Waals surface area contributed by atoms with Crippen LogP contribution in [0.15, 0.2) is 53.7 Å². The molecule has 0 saturated carbocycles. The van der Waals surface area contributed by atoms with Gasteiger partial charge in [-0.05, 0) is 36.6 Å². The van der Waals surface area contributed by atoms with Gasteiger partial charge < -0.3 is 9.88 Å². The maximum absolute atomic E-state index is 13.2. The molecule has 8 heteroatoms. The molecule has 3 aromatic rings. The lowest BCUT2D eigenvalue weighted by molar-refractivity contribution is 0.248. The van der Waals surface area contributed by atoms with Crippen molar-refractivity contribution < 1.29 is 8.42 Å². The van der Waals surface area contributed by atoms with E-state index in [0.29, 0.717) is 19.0 Å². The van der Waals surface area contributed by atoms with Gasteiger partial charge in [0, 0.05) is 49.6 Å². The number of halogens is 1. The summed E-state index contributed by atoms with van der Waals surface area (Å²) in [5.74, 6) is 0.352. The van der Waals surface area contributed by atoms with E-state index in [1.165, 1.54) is 0 Å². The smallest absolute Gasteiger partial charge is 0.244 e. The second-order valence-electron chi connectivity index (χ2n) is 7.31. The highest BCUT2D eigenvalue weighted by Gasteiger charge is 2.36. The molecule has 2 atom stereocenters. The number of hydrogen-bond donors (Lipinski definition) is 1. The highest BCUT2D eigenvalue weighted by molar-refractivity contribution is 7.89. The third-order valence-electron chi connectivity index (χ3n) is 5.65. The van der Waals surface area contributed by atoms with Gasteiger partial charge in [0.2, 0.25) is 10.0 Å². The van der Waals surface area contributed by atoms with E-state index >= 15 is 0 Å². The molecule has 148 valence electrons. The lowest BCUT2D eigenvalue weighted by Gasteiger charge is -2.42. The van der Waals surface area contributed by atoms with Gasteiger partial charge in [0.05, 0.1) is 5.02 Å². The van der Waals surface area contributed by atoms with E-state index in [1.807, 2.05) is 25.4 Å². The molecule has 0 aliphatic carbocycles. The van der Waals surface area contributed by atoms with E-state index in [9.17, 15) is 8.42 Å². The van der Waals surface area contributed by atoms with Crippen LogP contribution in [0.1, 0.15) is 13.3 Å². The molecule has 28 heavy (non-hydrogen) atoms. The molecular formula is C20H23ClN4O2S. The Morgan fingerprint density at radius 3 is 2.82 bits per heavy atom. The second kappa shape index (κ2) is 7.39. The first-order chi connectivity index (χ1) is 13.4. The lowest BCUT2D eigenvalue weighted by atomic mass is 9.93. The summed E-state index contributed by atoms with van der Waals surface area (Å²) in [4.78, 5) is 9.83. The summed E-state index contributed by atoms with van der Waals surface area (Å²) in [6.07, 6.45) is 4.43. The van der Waals surface area contributed by atoms with E-state index in [1.54, 1.807) is 34.8 Å². The molecule has 6 nitrogen and oxygen atoms in total. The maximum atomic E-state index is 13.2. The molecule has 1 aliphatic heterocycles. The van der Waals surface area contributed by atoms with Crippen molar-refractivity contribution in [2.24, 2.45) is 5.92 Å². The van der Waals surface area contributed by atoms with Gasteiger partial charge in [-0.25, -0.2) is 13.4 Å². The fourth-order valence-electron chi connectivity index (χ4n) is 3.97. The minimum Gasteiger partial charge on any atom is -0.369 e. The molecule has 1 aromatic carbocycles. The number of anilines is 1. The largest absolute Gasteiger partial charge is 0.369 e. The molecule has 0 bridgehead atoms. The molecule has 3 heterocycles. The first-order valence-electron chi connectivity index (χ1n) is 9.29. The van der Waals surface area contributed by atoms with Crippen LogP contribution in [0, 0.1) is 5.92 Å². The maximum Gasteiger partial charge on any atom is 0.244 e. The zero-order valence-corrected chi connectivity index (χ0v) is 17.4. The topological polar surface area (TPSA) is 69.3 Å². The molecule has 1 fully saturated rings. The highest BCUT2D eigenvalue weighted by atomic mass is 35.5. The number of pyridine rings is 1. The number of piperidine rings is 1. The number of aromatic nitrogens is 2. The monoisotopic (exact) mass is 418 g/mol. The molecule has 1 aliphatic rings. The summed E-state index contributed by atoms with van der Waals surface area (Å²) in [5.41, 5.74) is 1.87. The van der Waals surface area contributed by atoms with Crippen LogP contribution in [0.2, 0.25) is 5.02 Å². The molecule has 0 radical (unpaired) electrons. The van der Waals surface area contributed by atoms with Gasteiger partial charge >= 0.3 is 0 Å². The number of likely N-dealkylation sites (N-methyl/N-ethyl adjacent to an activating group) is 1. The van der Waals surface area contributed by atoms with Gasteiger partial charge in [-0.3, -0.25) is 0 Å². The van der Waals surface area contributed by atoms with E-state index in [-0.39, 0.29) is 16.0 Å². The van der Waals surface area contributed by atoms with Crippen molar-refractivity contribution in [3.63, 3.8) is 0 Å². The van der Waals surface area contributed by atoms with Crippen LogP contribution in [-0.4, -0.2) is 48.9 Å². The third-order valence-corrected chi connectivity index (χ3v) is 8.02. The molecule has 1 N–H and O–H groups in total. The Kier molecular flexibility index (Phi) is 5.07. The van der Waals surface area contributed by atoms with Crippen LogP contribution in [0.3, 0.4) is 0 Å². The summed E-state index contributed by atoms with van der Waals surface area (Å²) in [5, 5.41) is 1.29. The number of rotatable bonds is 4. The summed E-state index contributed by atoms with van der Waals surface area (Å²) in [6, 6.07) is 10.7. The number of H-pyrrole nitrogens is 1. The standard InChI is InChI=1S/C20H23ClN4O2S/c1-14-9-12-25(28(26,27)19-6-4-3-5-16(19)21)13-18(14)24(2)17-8-11-23-20-15(17)7-10-22-20/h3-8,10-11,14,18H,9,12-13H2,1-2H3,(H,22,23)/t14-,18?/m1/s1. The SMILES string of the molecule is C[C@@H]1CCN(S(=O)(=O)c2ccccc2Cl)CC1N(C)c1ccnc2[nH]ccc12. The Balaban J connectivity index is 1.65. The van der Waals surface area contributed by atoms with Gasteiger partial charge in [0.25, 0.3) is 0 Å². The Morgan fingerprint density at radius 1 is 1.25 bits per heavy atom. The minimum absolute atomic E-state index is 0.0477. The van der Waals surface area contributed by atoms with Gasteiger partial charge in [-0.15, -0.1) is 0 Å². The molecular weight excluding hydrogens is 396 g/mol. The van der Waals surface area contributed by atoms with Crippen molar-refractivity contribution in [3.8, 4) is 0 Å². The average molecular weight is 419 g/mol. The Hall–Kier alpha value is -2.09. The predicted octanol–water partition coefficient (Wildman–Crippen LogP) is 3.75. The zero-order valence-electron chi connectivity index (χ0n) is 15.8. The number of fused-ring (bicyclic) bond motifs is 1. The average Bonchev–Trinajstić information content (AvgIpc) is 3.16. The third kappa shape index (κ3) is 3.27. The van der Waals surface area contributed by atoms with Crippen molar-refractivity contribution in [1.82, 2.24) is 14.3 Å². The van der Waals surface area contributed by atoms with E-state index in [4.69, 9.17) is 11.6 Å². The van der Waals surface area contributed by atoms with Crippen molar-refractivity contribution in [3.05, 3.63) is 53.8 Å². The summed E-state index contributed by atoms with van der Waals surface area (Å²) in [6.45, 7) is 3.09. The first-order valence-corrected chi connectivity index (χ1v) is 11.1. The van der Waals surface area contributed by atoms with E-state index < -0.39 is 10.0 Å². The van der Waals surface area contributed by atoms with Crippen LogP contribution in [0.4, 0.5) is 5.69 Å². The highest BCUT2D eigenvalue weighted by Crippen LogP contribution is 2.33. The number of sulfonamides is 1. The minimum atomic E-state index is -3.64. The van der Waals surface area contributed by atoms with Crippen molar-refractivity contribution in [1.29, 1.82) is 0 Å². The molecule has 2 aromatic heterocycles. The number of benzene rings is 1. The molecule has 1 unspecified atom stereocenters. The van der Waals surface area contributed by atoms with Gasteiger partial charge in [0.15, 0.2) is 0 Å². The van der Waals surface area contributed by atoms with Gasteiger partial charge in [0.1, 0.15) is 10.5 Å². The summed E-state index contributed by atoms with van der Waals surface area (Å²) in [7, 11) is -1.62. The Morgan fingerprint density at radius 2 is 2.04 bits per heavy atom. The number of aromatic amines is 1. The van der Waals surface area contributed by atoms with E-state index in [2.05, 4.69) is 21.8 Å². The Labute approximate surface area is 170 Å². The van der Waals surface area contributed by atoms with Crippen LogP contribution in [-0.2, 0) is 10.0 Å². The fraction of sp³-hybridized carbons (Fsp3) is 0.350. The van der Waals surface area contributed by atoms with Crippen LogP contribution in [0.25, 0.3) is 11.0 Å². The number of hydrogen-bond acceptors (Lipinski definition) is 4. The van der Waals surface area contributed by atoms with Gasteiger partial charge in [-0.1, -0.05) is 30.7 Å². The molecule has 0 spiro atoms. The van der Waals surface area contributed by atoms with Crippen LogP contribution in [0.5, 0.6) is 0 Å². The summed E-state index contributed by atoms with van der Waals surface area (Å²) < 4.78 is 28.0. The van der Waals surface area contributed by atoms with Crippen molar-refractivity contribution >= 4 is 38.3 Å². The fourth-order valence-corrected chi connectivity index (χ4v) is 5.93. The predicted molar refractivity (Wildman–Crippen MR) is 112 cm³/mol. The number of nitrogens with zero attached hydrogens (tertiary/aromatic N) is 3. The second-order valence-corrected chi connectivity index (χ2v) is 9.62. The van der Waals surface area contributed by atoms with Crippen molar-refractivity contribution in [2.75, 3.05) is 25.0 Å². The summed E-state index contributed by atoms with van der Waals surface area (Å²) >= 11 is 6.18. The molecule has 4 rings (SSSR count). The van der Waals surface area contributed by atoms with E-state index in [0.717, 1.165) is 23.1 Å². The first kappa shape index (κ1) is 19.2. The van der Waals surface area contributed by atoms with Crippen LogP contribution >= 0.6 is 11.6 Å². The van der Waals surface area contributed by atoms with Crippen LogP contribution < -0.4 is 4.90 Å². The lowest BCUT2D eigenvalue weighted by Crippen LogP contribution is -2.52. The van der Waals surface area contributed by atoms with Gasteiger partial charge in [-0.2, -0.15) is 4.31 Å². The Bertz CT molecular complexity index is 1100. The van der Waals surface area contributed by atoms with Crippen molar-refractivity contribution in [2.45, 2.75) is 24.3 Å². The number of nitrogens with one attached hydrogen (secondary N) is 1. The molecule has 0 amide bonds. The zero-order chi connectivity index (χ0) is 19.9. The quantitative estimate of drug-likeness (QED) is 0.700. The normalized spacial score (nSPS) is 21.1. The molecule has 1 saturated heterocycles.